The van der Waals surface area contributed by atoms with Gasteiger partial charge in [0.2, 0.25) is 0 Å². The van der Waals surface area contributed by atoms with E-state index in [0.29, 0.717) is 0 Å². The number of hydrogen-bond donors (Lipinski definition) is 0. The second-order valence-corrected chi connectivity index (χ2v) is 37.6. The fraction of sp³-hybridized carbons (Fsp3) is 0.500. The second kappa shape index (κ2) is 7.30. The zero-order valence-corrected chi connectivity index (χ0v) is 14.9. The molecule has 70 valence electrons. The number of nitrogens with zero attached hydrogens (tertiary/aromatic N) is 2. The zero-order chi connectivity index (χ0) is 9.72. The third-order valence-corrected chi connectivity index (χ3v) is 1.48. The number of hydrogen-bond acceptors (Lipinski definition) is 1. The molecule has 0 saturated carbocycles. The van der Waals surface area contributed by atoms with Gasteiger partial charge >= 0.3 is 64.9 Å². The van der Waals surface area contributed by atoms with Crippen LogP contribution in [-0.4, -0.2) is 9.55 Å². The Morgan fingerprint density at radius 2 is 1.75 bits per heavy atom. The Morgan fingerprint density at radius 3 is 1.83 bits per heavy atom. The van der Waals surface area contributed by atoms with Gasteiger partial charge in [0, 0.05) is 12.7 Å². The summed E-state index contributed by atoms with van der Waals surface area (Å²) in [5, 5.41) is 0. The molecule has 1 rings (SSSR count). The Labute approximate surface area is 111 Å². The zero-order valence-electron chi connectivity index (χ0n) is 7.05. The molecule has 6 heteroatoms. The van der Waals surface area contributed by atoms with E-state index in [1.165, 1.54) is 5.69 Å². The molecule has 0 aromatic carbocycles. The summed E-state index contributed by atoms with van der Waals surface area (Å²) < 4.78 is 2.01. The van der Waals surface area contributed by atoms with Crippen molar-refractivity contribution in [2.24, 2.45) is 7.05 Å². The molecule has 0 aliphatic carbocycles. The summed E-state index contributed by atoms with van der Waals surface area (Å²) in [6.07, 6.45) is 1.82. The minimum absolute atomic E-state index is 0.278. The summed E-state index contributed by atoms with van der Waals surface area (Å²) in [5.41, 5.74) is 2.36. The first-order chi connectivity index (χ1) is 5.45. The van der Waals surface area contributed by atoms with Crippen molar-refractivity contribution in [1.82, 2.24) is 9.55 Å². The Bertz CT molecular complexity index is 214. The molecule has 0 atom stereocenters. The van der Waals surface area contributed by atoms with Crippen molar-refractivity contribution in [3.8, 4) is 0 Å². The van der Waals surface area contributed by atoms with Crippen molar-refractivity contribution in [2.75, 3.05) is 0 Å². The molecule has 0 amide bonds. The normalized spacial score (nSPS) is 9.58. The molecule has 12 heavy (non-hydrogen) atoms. The number of aromatic nitrogens is 2. The van der Waals surface area contributed by atoms with E-state index in [-0.39, 0.29) is 4.92 Å². The third-order valence-electron chi connectivity index (χ3n) is 1.48. The van der Waals surface area contributed by atoms with Crippen LogP contribution in [-0.2, 0) is 12.0 Å². The first-order valence-electron chi connectivity index (χ1n) is 3.17. The van der Waals surface area contributed by atoms with Gasteiger partial charge in [-0.15, -0.1) is 0 Å². The minimum atomic E-state index is -0.278. The second-order valence-electron chi connectivity index (χ2n) is 2.22. The monoisotopic (exact) mass is 542 g/mol. The SMILES string of the molecule is Cc1ncn(C)c1C.[I][V]([I])[I]. The standard InChI is InChI=1S/C6H10N2.3HI.V/c1-5-6(2)8(3)4-7-5;;;;/h4H,1-3H3;3*1H;/q;;;;+3/p-3. The molecular formula is C6H10I3N2V. The summed E-state index contributed by atoms with van der Waals surface area (Å²) in [4.78, 5) is 3.80. The molecule has 0 saturated heterocycles. The van der Waals surface area contributed by atoms with Gasteiger partial charge in [0.25, 0.3) is 0 Å². The Balaban J connectivity index is 0.000000261. The molecule has 0 spiro atoms. The molecule has 1 heterocycles. The molecule has 0 fully saturated rings. The van der Waals surface area contributed by atoms with E-state index in [9.17, 15) is 0 Å². The van der Waals surface area contributed by atoms with E-state index < -0.39 is 0 Å². The quantitative estimate of drug-likeness (QED) is 0.458. The van der Waals surface area contributed by atoms with Crippen LogP contribution in [0.15, 0.2) is 6.33 Å². The van der Waals surface area contributed by atoms with Gasteiger partial charge in [-0.05, 0) is 13.8 Å². The molecular weight excluding hydrogens is 532 g/mol. The predicted octanol–water partition coefficient (Wildman–Crippen LogP) is 3.69. The van der Waals surface area contributed by atoms with E-state index in [4.69, 9.17) is 0 Å². The van der Waals surface area contributed by atoms with Crippen molar-refractivity contribution < 1.29 is 4.92 Å². The maximum absolute atomic E-state index is 4.08. The molecule has 0 aliphatic rings. The van der Waals surface area contributed by atoms with Crippen LogP contribution >= 0.6 is 59.9 Å². The van der Waals surface area contributed by atoms with Crippen LogP contribution in [0.1, 0.15) is 11.4 Å². The van der Waals surface area contributed by atoms with Crippen LogP contribution in [0.4, 0.5) is 0 Å². The Hall–Kier alpha value is 1.98. The Kier molecular flexibility index (Phi) is 8.51. The van der Waals surface area contributed by atoms with Crippen LogP contribution in [0.2, 0.25) is 0 Å². The average molecular weight is 542 g/mol. The van der Waals surface area contributed by atoms with Crippen LogP contribution in [0.25, 0.3) is 0 Å². The predicted molar refractivity (Wildman–Crippen MR) is 74.7 cm³/mol. The van der Waals surface area contributed by atoms with Crippen molar-refractivity contribution in [2.45, 2.75) is 13.8 Å². The average Bonchev–Trinajstić information content (AvgIpc) is 2.19. The molecule has 0 unspecified atom stereocenters. The summed E-state index contributed by atoms with van der Waals surface area (Å²) in [5.74, 6) is 0. The number of halogens is 3. The summed E-state index contributed by atoms with van der Waals surface area (Å²) in [6, 6.07) is 0. The van der Waals surface area contributed by atoms with Crippen LogP contribution < -0.4 is 0 Å². The van der Waals surface area contributed by atoms with Crippen LogP contribution in [0.3, 0.4) is 0 Å². The van der Waals surface area contributed by atoms with E-state index in [0.717, 1.165) is 5.69 Å². The van der Waals surface area contributed by atoms with Crippen molar-refractivity contribution in [1.29, 1.82) is 0 Å². The molecule has 0 bridgehead atoms. The van der Waals surface area contributed by atoms with Gasteiger partial charge in [-0.25, -0.2) is 4.98 Å². The third kappa shape index (κ3) is 6.44. The molecule has 1 aromatic heterocycles. The first kappa shape index (κ1) is 14.0. The van der Waals surface area contributed by atoms with Gasteiger partial charge in [0.1, 0.15) is 0 Å². The Morgan fingerprint density at radius 1 is 1.33 bits per heavy atom. The molecule has 2 nitrogen and oxygen atoms in total. The van der Waals surface area contributed by atoms with Crippen molar-refractivity contribution >= 4 is 59.9 Å². The van der Waals surface area contributed by atoms with Gasteiger partial charge in [-0.2, -0.15) is 0 Å². The summed E-state index contributed by atoms with van der Waals surface area (Å²) in [6.45, 7) is 4.07. The van der Waals surface area contributed by atoms with Gasteiger partial charge in [-0.3, -0.25) is 0 Å². The summed E-state index contributed by atoms with van der Waals surface area (Å²) in [7, 11) is 2.00. The molecule has 0 radical (unpaired) electrons. The van der Waals surface area contributed by atoms with E-state index in [1.807, 2.05) is 24.9 Å². The molecule has 0 aliphatic heterocycles. The van der Waals surface area contributed by atoms with E-state index in [2.05, 4.69) is 71.8 Å². The van der Waals surface area contributed by atoms with Gasteiger partial charge in [-0.1, -0.05) is 0 Å². The first-order valence-corrected chi connectivity index (χ1v) is 16.7. The fourth-order valence-corrected chi connectivity index (χ4v) is 0.608. The topological polar surface area (TPSA) is 17.8 Å². The number of rotatable bonds is 0. The summed E-state index contributed by atoms with van der Waals surface area (Å²) >= 11 is 7.39. The molecule has 0 N–H and O–H groups in total. The number of aryl methyl sites for hydroxylation is 2. The van der Waals surface area contributed by atoms with E-state index in [1.54, 1.807) is 0 Å². The van der Waals surface area contributed by atoms with Gasteiger partial charge in [0.15, 0.2) is 0 Å². The fourth-order valence-electron chi connectivity index (χ4n) is 0.608. The van der Waals surface area contributed by atoms with Crippen LogP contribution in [0.5, 0.6) is 0 Å². The van der Waals surface area contributed by atoms with Crippen molar-refractivity contribution in [3.05, 3.63) is 17.7 Å². The van der Waals surface area contributed by atoms with Crippen LogP contribution in [0, 0.1) is 13.8 Å². The molecule has 1 aromatic rings. The van der Waals surface area contributed by atoms with E-state index >= 15 is 0 Å². The van der Waals surface area contributed by atoms with Gasteiger partial charge in [0.05, 0.1) is 12.0 Å². The number of imidazole rings is 1. The maximum atomic E-state index is 4.08. The van der Waals surface area contributed by atoms with Crippen molar-refractivity contribution in [3.63, 3.8) is 0 Å². The van der Waals surface area contributed by atoms with Gasteiger partial charge < -0.3 is 4.57 Å².